The molecule has 0 spiro atoms. The molecule has 3 rings (SSSR count). The van der Waals surface area contributed by atoms with Crippen LogP contribution in [0, 0.1) is 6.92 Å². The lowest BCUT2D eigenvalue weighted by Crippen LogP contribution is -2.46. The second kappa shape index (κ2) is 10.0. The fraction of sp³-hybridized carbons (Fsp3) is 0.333. The molecule has 1 heterocycles. The second-order valence-corrected chi connectivity index (χ2v) is 7.66. The Morgan fingerprint density at radius 1 is 1.07 bits per heavy atom. The van der Waals surface area contributed by atoms with E-state index >= 15 is 0 Å². The van der Waals surface area contributed by atoms with Crippen molar-refractivity contribution in [2.24, 2.45) is 0 Å². The van der Waals surface area contributed by atoms with Crippen LogP contribution in [0.15, 0.2) is 60.3 Å². The van der Waals surface area contributed by atoms with Gasteiger partial charge in [-0.25, -0.2) is 0 Å². The van der Waals surface area contributed by atoms with Gasteiger partial charge in [0.25, 0.3) is 5.91 Å². The number of nitrogens with zero attached hydrogens (tertiary/aromatic N) is 1. The van der Waals surface area contributed by atoms with Crippen molar-refractivity contribution < 1.29 is 9.59 Å². The topological polar surface area (TPSA) is 61.4 Å². The molecule has 0 radical (unpaired) electrons. The average Bonchev–Trinajstić information content (AvgIpc) is 2.69. The molecule has 29 heavy (non-hydrogen) atoms. The molecule has 2 N–H and O–H groups in total. The van der Waals surface area contributed by atoms with E-state index in [1.807, 2.05) is 37.3 Å². The summed E-state index contributed by atoms with van der Waals surface area (Å²) in [5.41, 5.74) is 3.59. The highest BCUT2D eigenvalue weighted by Gasteiger charge is 2.22. The van der Waals surface area contributed by atoms with Gasteiger partial charge in [-0.15, -0.1) is 0 Å². The van der Waals surface area contributed by atoms with E-state index in [-0.39, 0.29) is 23.6 Å². The van der Waals surface area contributed by atoms with Gasteiger partial charge in [-0.2, -0.15) is 0 Å². The van der Waals surface area contributed by atoms with Crippen LogP contribution in [-0.2, 0) is 16.1 Å². The Bertz CT molecular complexity index is 869. The third-order valence-corrected chi connectivity index (χ3v) is 5.08. The number of hydrogen-bond acceptors (Lipinski definition) is 3. The summed E-state index contributed by atoms with van der Waals surface area (Å²) in [6.07, 6.45) is 3.53. The zero-order valence-electron chi connectivity index (χ0n) is 17.2. The molecule has 2 aromatic rings. The first-order chi connectivity index (χ1) is 14.0. The van der Waals surface area contributed by atoms with Gasteiger partial charge in [-0.1, -0.05) is 60.2 Å². The molecule has 0 bridgehead atoms. The van der Waals surface area contributed by atoms with Gasteiger partial charge in [0.2, 0.25) is 5.91 Å². The van der Waals surface area contributed by atoms with Crippen molar-refractivity contribution in [1.82, 2.24) is 15.5 Å². The highest BCUT2D eigenvalue weighted by molar-refractivity contribution is 6.01. The van der Waals surface area contributed by atoms with Crippen LogP contribution < -0.4 is 10.6 Å². The van der Waals surface area contributed by atoms with Crippen molar-refractivity contribution in [3.8, 4) is 0 Å². The molecule has 1 aliphatic rings. The van der Waals surface area contributed by atoms with Gasteiger partial charge in [0.15, 0.2) is 0 Å². The summed E-state index contributed by atoms with van der Waals surface area (Å²) >= 11 is 0. The molecule has 0 atom stereocenters. The predicted molar refractivity (Wildman–Crippen MR) is 116 cm³/mol. The number of piperidine rings is 1. The van der Waals surface area contributed by atoms with Crippen LogP contribution in [0.25, 0.3) is 6.08 Å². The summed E-state index contributed by atoms with van der Waals surface area (Å²) in [6.45, 7) is 6.23. The van der Waals surface area contributed by atoms with Gasteiger partial charge >= 0.3 is 0 Å². The van der Waals surface area contributed by atoms with E-state index in [0.29, 0.717) is 0 Å². The van der Waals surface area contributed by atoms with Crippen molar-refractivity contribution in [1.29, 1.82) is 0 Å². The van der Waals surface area contributed by atoms with Crippen molar-refractivity contribution in [2.45, 2.75) is 39.3 Å². The fourth-order valence-corrected chi connectivity index (χ4v) is 3.61. The van der Waals surface area contributed by atoms with E-state index < -0.39 is 0 Å². The first-order valence-corrected chi connectivity index (χ1v) is 10.1. The SMILES string of the molecule is CC(=O)N/C(=C\c1cccc(C)c1)C(=O)NC1CCN(Cc2ccccc2)CC1. The zero-order valence-corrected chi connectivity index (χ0v) is 17.2. The molecule has 0 saturated carbocycles. The highest BCUT2D eigenvalue weighted by Crippen LogP contribution is 2.15. The molecule has 0 unspecified atom stereocenters. The van der Waals surface area contributed by atoms with Gasteiger partial charge < -0.3 is 10.6 Å². The van der Waals surface area contributed by atoms with Crippen LogP contribution in [-0.4, -0.2) is 35.8 Å². The Kier molecular flexibility index (Phi) is 7.19. The third-order valence-electron chi connectivity index (χ3n) is 5.08. The molecule has 152 valence electrons. The summed E-state index contributed by atoms with van der Waals surface area (Å²) in [5, 5.41) is 5.77. The lowest BCUT2D eigenvalue weighted by atomic mass is 10.0. The Labute approximate surface area is 172 Å². The number of likely N-dealkylation sites (tertiary alicyclic amines) is 1. The zero-order chi connectivity index (χ0) is 20.6. The minimum Gasteiger partial charge on any atom is -0.348 e. The molecule has 0 aliphatic carbocycles. The first kappa shape index (κ1) is 20.8. The molecular formula is C24H29N3O2. The Hall–Kier alpha value is -2.92. The van der Waals surface area contributed by atoms with E-state index in [9.17, 15) is 9.59 Å². The number of rotatable bonds is 6. The maximum absolute atomic E-state index is 12.8. The van der Waals surface area contributed by atoms with Crippen LogP contribution in [0.3, 0.4) is 0 Å². The van der Waals surface area contributed by atoms with Gasteiger partial charge in [0.05, 0.1) is 0 Å². The van der Waals surface area contributed by atoms with Gasteiger partial charge in [0.1, 0.15) is 5.70 Å². The van der Waals surface area contributed by atoms with Crippen LogP contribution in [0.5, 0.6) is 0 Å². The molecule has 1 fully saturated rings. The maximum Gasteiger partial charge on any atom is 0.268 e. The molecule has 2 aromatic carbocycles. The maximum atomic E-state index is 12.8. The largest absolute Gasteiger partial charge is 0.348 e. The monoisotopic (exact) mass is 391 g/mol. The molecule has 5 heteroatoms. The van der Waals surface area contributed by atoms with E-state index in [4.69, 9.17) is 0 Å². The van der Waals surface area contributed by atoms with Crippen LogP contribution in [0.1, 0.15) is 36.5 Å². The number of benzene rings is 2. The average molecular weight is 392 g/mol. The summed E-state index contributed by atoms with van der Waals surface area (Å²) in [5.74, 6) is -0.486. The highest BCUT2D eigenvalue weighted by atomic mass is 16.2. The van der Waals surface area contributed by atoms with E-state index in [2.05, 4.69) is 39.8 Å². The van der Waals surface area contributed by atoms with Gasteiger partial charge in [-0.05, 0) is 37.0 Å². The van der Waals surface area contributed by atoms with Crippen LogP contribution in [0.2, 0.25) is 0 Å². The summed E-state index contributed by atoms with van der Waals surface area (Å²) in [7, 11) is 0. The Balaban J connectivity index is 1.58. The molecule has 5 nitrogen and oxygen atoms in total. The molecule has 1 saturated heterocycles. The van der Waals surface area contributed by atoms with Crippen molar-refractivity contribution in [3.05, 3.63) is 77.0 Å². The second-order valence-electron chi connectivity index (χ2n) is 7.66. The van der Waals surface area contributed by atoms with E-state index in [1.54, 1.807) is 6.08 Å². The summed E-state index contributed by atoms with van der Waals surface area (Å²) in [4.78, 5) is 26.8. The van der Waals surface area contributed by atoms with Crippen molar-refractivity contribution >= 4 is 17.9 Å². The lowest BCUT2D eigenvalue weighted by molar-refractivity contribution is -0.123. The molecule has 1 aliphatic heterocycles. The smallest absolute Gasteiger partial charge is 0.268 e. The molecule has 2 amide bonds. The Morgan fingerprint density at radius 2 is 1.79 bits per heavy atom. The first-order valence-electron chi connectivity index (χ1n) is 10.1. The minimum atomic E-state index is -0.253. The third kappa shape index (κ3) is 6.57. The van der Waals surface area contributed by atoms with Crippen LogP contribution in [0.4, 0.5) is 0 Å². The summed E-state index contributed by atoms with van der Waals surface area (Å²) in [6, 6.07) is 18.4. The fourth-order valence-electron chi connectivity index (χ4n) is 3.61. The number of carbonyl (C=O) groups is 2. The number of nitrogens with one attached hydrogen (secondary N) is 2. The standard InChI is InChI=1S/C24H29N3O2/c1-18-7-6-10-21(15-18)16-23(25-19(2)28)24(29)26-22-11-13-27(14-12-22)17-20-8-4-3-5-9-20/h3-10,15-16,22H,11-14,17H2,1-2H3,(H,25,28)(H,26,29)/b23-16-. The number of hydrogen-bond donors (Lipinski definition) is 2. The lowest BCUT2D eigenvalue weighted by Gasteiger charge is -2.32. The summed E-state index contributed by atoms with van der Waals surface area (Å²) < 4.78 is 0. The van der Waals surface area contributed by atoms with E-state index in [1.165, 1.54) is 12.5 Å². The van der Waals surface area contributed by atoms with Crippen molar-refractivity contribution in [2.75, 3.05) is 13.1 Å². The van der Waals surface area contributed by atoms with Gasteiger partial charge in [0, 0.05) is 32.6 Å². The minimum absolute atomic E-state index is 0.115. The number of amides is 2. The van der Waals surface area contributed by atoms with Gasteiger partial charge in [-0.3, -0.25) is 14.5 Å². The quantitative estimate of drug-likeness (QED) is 0.743. The molecular weight excluding hydrogens is 362 g/mol. The van der Waals surface area contributed by atoms with E-state index in [0.717, 1.165) is 43.6 Å². The van der Waals surface area contributed by atoms with Crippen LogP contribution >= 0.6 is 0 Å². The molecule has 0 aromatic heterocycles. The number of carbonyl (C=O) groups excluding carboxylic acids is 2. The predicted octanol–water partition coefficient (Wildman–Crippen LogP) is 3.25. The normalized spacial score (nSPS) is 15.7. The Morgan fingerprint density at radius 3 is 2.45 bits per heavy atom. The number of aryl methyl sites for hydroxylation is 1. The van der Waals surface area contributed by atoms with Crippen molar-refractivity contribution in [3.63, 3.8) is 0 Å².